The maximum Gasteiger partial charge on any atom is 0.166 e. The van der Waals surface area contributed by atoms with Crippen molar-refractivity contribution in [2.24, 2.45) is 0 Å². The van der Waals surface area contributed by atoms with Crippen LogP contribution in [0, 0.1) is 5.82 Å². The first-order chi connectivity index (χ1) is 7.78. The summed E-state index contributed by atoms with van der Waals surface area (Å²) in [5.74, 6) is -0.421. The summed E-state index contributed by atoms with van der Waals surface area (Å²) in [6.45, 7) is 1.76. The van der Waals surface area contributed by atoms with Crippen molar-refractivity contribution in [3.05, 3.63) is 23.1 Å². The van der Waals surface area contributed by atoms with E-state index in [0.29, 0.717) is 6.42 Å². The molecule has 0 aliphatic heterocycles. The third-order valence-corrected chi connectivity index (χ3v) is 3.30. The number of halogens is 2. The summed E-state index contributed by atoms with van der Waals surface area (Å²) >= 11 is 5.56. The van der Waals surface area contributed by atoms with Crippen LogP contribution < -0.4 is 5.32 Å². The molecule has 1 rings (SSSR count). The number of anilines is 1. The molecule has 7 heteroatoms. The Balaban J connectivity index is 2.59. The number of hydrogen-bond donors (Lipinski definition) is 1. The molecule has 1 heterocycles. The van der Waals surface area contributed by atoms with Crippen molar-refractivity contribution < 1.29 is 12.8 Å². The molecule has 0 fully saturated rings. The van der Waals surface area contributed by atoms with Gasteiger partial charge in [-0.05, 0) is 19.4 Å². The Labute approximate surface area is 105 Å². The summed E-state index contributed by atoms with van der Waals surface area (Å²) in [6, 6.07) is 0.966. The number of pyridine rings is 1. The topological polar surface area (TPSA) is 59.1 Å². The van der Waals surface area contributed by atoms with Crippen LogP contribution in [0.25, 0.3) is 0 Å². The Morgan fingerprint density at radius 1 is 1.59 bits per heavy atom. The molecule has 0 spiro atoms. The van der Waals surface area contributed by atoms with Gasteiger partial charge in [-0.3, -0.25) is 0 Å². The fourth-order valence-electron chi connectivity index (χ4n) is 1.22. The number of nitrogens with one attached hydrogen (secondary N) is 1. The highest BCUT2D eigenvalue weighted by molar-refractivity contribution is 7.90. The Bertz CT molecular complexity index is 493. The molecule has 1 unspecified atom stereocenters. The minimum Gasteiger partial charge on any atom is -0.365 e. The highest BCUT2D eigenvalue weighted by Crippen LogP contribution is 2.16. The van der Waals surface area contributed by atoms with Gasteiger partial charge in [-0.25, -0.2) is 17.8 Å². The molecular weight excluding hydrogens is 267 g/mol. The van der Waals surface area contributed by atoms with Crippen LogP contribution >= 0.6 is 11.6 Å². The second-order valence-electron chi connectivity index (χ2n) is 3.95. The van der Waals surface area contributed by atoms with Gasteiger partial charge in [0.2, 0.25) is 0 Å². The fraction of sp³-hybridized carbons (Fsp3) is 0.500. The Hall–Kier alpha value is -0.880. The normalized spacial score (nSPS) is 13.4. The second-order valence-corrected chi connectivity index (χ2v) is 6.64. The lowest BCUT2D eigenvalue weighted by Crippen LogP contribution is -2.20. The van der Waals surface area contributed by atoms with Crippen LogP contribution in [0.15, 0.2) is 12.3 Å². The predicted molar refractivity (Wildman–Crippen MR) is 66.6 cm³/mol. The maximum absolute atomic E-state index is 13.4. The summed E-state index contributed by atoms with van der Waals surface area (Å²) in [5, 5.41) is 3.02. The van der Waals surface area contributed by atoms with Crippen LogP contribution in [-0.2, 0) is 9.84 Å². The molecule has 0 saturated heterocycles. The van der Waals surface area contributed by atoms with Crippen LogP contribution in [0.4, 0.5) is 10.2 Å². The molecule has 1 aromatic rings. The summed E-state index contributed by atoms with van der Waals surface area (Å²) in [6.07, 6.45) is 2.89. The monoisotopic (exact) mass is 280 g/mol. The summed E-state index contributed by atoms with van der Waals surface area (Å²) in [5.41, 5.74) is 0. The first kappa shape index (κ1) is 14.2. The molecule has 1 aromatic heterocycles. The fourth-order valence-corrected chi connectivity index (χ4v) is 2.14. The van der Waals surface area contributed by atoms with Gasteiger partial charge in [-0.2, -0.15) is 0 Å². The van der Waals surface area contributed by atoms with E-state index in [4.69, 9.17) is 11.6 Å². The van der Waals surface area contributed by atoms with Gasteiger partial charge < -0.3 is 5.32 Å². The third kappa shape index (κ3) is 5.32. The number of aromatic nitrogens is 1. The van der Waals surface area contributed by atoms with Gasteiger partial charge in [0, 0.05) is 18.5 Å². The van der Waals surface area contributed by atoms with Crippen molar-refractivity contribution in [1.82, 2.24) is 4.98 Å². The van der Waals surface area contributed by atoms with E-state index in [2.05, 4.69) is 10.3 Å². The van der Waals surface area contributed by atoms with E-state index in [0.717, 1.165) is 6.07 Å². The maximum atomic E-state index is 13.4. The van der Waals surface area contributed by atoms with Crippen molar-refractivity contribution >= 4 is 27.3 Å². The van der Waals surface area contributed by atoms with Crippen molar-refractivity contribution in [2.45, 2.75) is 19.4 Å². The summed E-state index contributed by atoms with van der Waals surface area (Å²) in [7, 11) is -3.00. The van der Waals surface area contributed by atoms with Crippen molar-refractivity contribution in [3.8, 4) is 0 Å². The lowest BCUT2D eigenvalue weighted by atomic mass is 10.2. The molecule has 96 valence electrons. The molecule has 0 aliphatic carbocycles. The highest BCUT2D eigenvalue weighted by Gasteiger charge is 2.11. The SMILES string of the molecule is CC(CCS(C)(=O)=O)Nc1ncc(Cl)cc1F. The van der Waals surface area contributed by atoms with Crippen molar-refractivity contribution in [2.75, 3.05) is 17.3 Å². The zero-order chi connectivity index (χ0) is 13.1. The van der Waals surface area contributed by atoms with Gasteiger partial charge in [-0.15, -0.1) is 0 Å². The van der Waals surface area contributed by atoms with Crippen molar-refractivity contribution in [1.29, 1.82) is 0 Å². The number of rotatable bonds is 5. The van der Waals surface area contributed by atoms with E-state index in [-0.39, 0.29) is 22.6 Å². The lowest BCUT2D eigenvalue weighted by molar-refractivity contribution is 0.594. The predicted octanol–water partition coefficient (Wildman–Crippen LogP) is 2.11. The van der Waals surface area contributed by atoms with Crippen LogP contribution in [-0.4, -0.2) is 31.5 Å². The van der Waals surface area contributed by atoms with E-state index < -0.39 is 15.7 Å². The van der Waals surface area contributed by atoms with Gasteiger partial charge in [0.1, 0.15) is 9.84 Å². The summed E-state index contributed by atoms with van der Waals surface area (Å²) in [4.78, 5) is 3.79. The Morgan fingerprint density at radius 3 is 2.76 bits per heavy atom. The molecule has 17 heavy (non-hydrogen) atoms. The molecule has 0 saturated carbocycles. The summed E-state index contributed by atoms with van der Waals surface area (Å²) < 4.78 is 35.3. The smallest absolute Gasteiger partial charge is 0.166 e. The minimum absolute atomic E-state index is 0.0520. The Morgan fingerprint density at radius 2 is 2.24 bits per heavy atom. The van der Waals surface area contributed by atoms with E-state index in [1.807, 2.05) is 0 Å². The van der Waals surface area contributed by atoms with Crippen LogP contribution in [0.2, 0.25) is 5.02 Å². The van der Waals surface area contributed by atoms with Gasteiger partial charge in [0.25, 0.3) is 0 Å². The first-order valence-electron chi connectivity index (χ1n) is 5.03. The quantitative estimate of drug-likeness (QED) is 0.897. The zero-order valence-electron chi connectivity index (χ0n) is 9.57. The highest BCUT2D eigenvalue weighted by atomic mass is 35.5. The molecular formula is C10H14ClFN2O2S. The average molecular weight is 281 g/mol. The lowest BCUT2D eigenvalue weighted by Gasteiger charge is -2.14. The van der Waals surface area contributed by atoms with Crippen molar-refractivity contribution in [3.63, 3.8) is 0 Å². The van der Waals surface area contributed by atoms with Gasteiger partial charge >= 0.3 is 0 Å². The number of nitrogens with zero attached hydrogens (tertiary/aromatic N) is 1. The first-order valence-corrected chi connectivity index (χ1v) is 7.47. The molecule has 1 N–H and O–H groups in total. The molecule has 0 radical (unpaired) electrons. The molecule has 0 aliphatic rings. The van der Waals surface area contributed by atoms with Gasteiger partial charge in [0.15, 0.2) is 11.6 Å². The Kier molecular flexibility index (Phi) is 4.70. The van der Waals surface area contributed by atoms with Gasteiger partial charge in [-0.1, -0.05) is 11.6 Å². The van der Waals surface area contributed by atoms with E-state index >= 15 is 0 Å². The van der Waals surface area contributed by atoms with E-state index in [1.54, 1.807) is 6.92 Å². The van der Waals surface area contributed by atoms with Crippen LogP contribution in [0.3, 0.4) is 0 Å². The standard InChI is InChI=1S/C10H14ClFN2O2S/c1-7(3-4-17(2,15)16)14-10-9(12)5-8(11)6-13-10/h5-7H,3-4H2,1-2H3,(H,13,14). The number of hydrogen-bond acceptors (Lipinski definition) is 4. The molecule has 0 bridgehead atoms. The largest absolute Gasteiger partial charge is 0.365 e. The van der Waals surface area contributed by atoms with Gasteiger partial charge in [0.05, 0.1) is 10.8 Å². The molecule has 4 nitrogen and oxygen atoms in total. The molecule has 0 amide bonds. The molecule has 0 aromatic carbocycles. The van der Waals surface area contributed by atoms with E-state index in [9.17, 15) is 12.8 Å². The third-order valence-electron chi connectivity index (χ3n) is 2.11. The minimum atomic E-state index is -3.00. The van der Waals surface area contributed by atoms with E-state index in [1.165, 1.54) is 12.5 Å². The second kappa shape index (κ2) is 5.64. The van der Waals surface area contributed by atoms with Crippen LogP contribution in [0.1, 0.15) is 13.3 Å². The molecule has 1 atom stereocenters. The van der Waals surface area contributed by atoms with Crippen LogP contribution in [0.5, 0.6) is 0 Å². The number of sulfone groups is 1. The average Bonchev–Trinajstić information content (AvgIpc) is 2.18. The zero-order valence-corrected chi connectivity index (χ0v) is 11.1.